The molecule has 1 N–H and O–H groups in total. The van der Waals surface area contributed by atoms with Crippen molar-refractivity contribution in [2.45, 2.75) is 40.0 Å². The van der Waals surface area contributed by atoms with Gasteiger partial charge in [-0.05, 0) is 73.7 Å². The van der Waals surface area contributed by atoms with Gasteiger partial charge in [0.05, 0.1) is 5.71 Å². The molecule has 0 spiro atoms. The Morgan fingerprint density at radius 3 is 2.49 bits per heavy atom. The van der Waals surface area contributed by atoms with Gasteiger partial charge in [-0.15, -0.1) is 0 Å². The second-order valence-corrected chi connectivity index (χ2v) is 8.95. The minimum atomic E-state index is -0.541. The first-order valence-electron chi connectivity index (χ1n) is 11.7. The van der Waals surface area contributed by atoms with Crippen LogP contribution in [0.15, 0.2) is 70.2 Å². The Morgan fingerprint density at radius 1 is 0.943 bits per heavy atom. The topological polar surface area (TPSA) is 80.9 Å². The molecule has 1 amide bonds. The average molecular weight is 467 g/mol. The number of aryl methyl sites for hydroxylation is 3. The number of hydrogen-bond acceptors (Lipinski definition) is 5. The van der Waals surface area contributed by atoms with Crippen LogP contribution in [-0.2, 0) is 6.42 Å². The summed E-state index contributed by atoms with van der Waals surface area (Å²) in [6, 6.07) is 19.0. The van der Waals surface area contributed by atoms with E-state index in [0.717, 1.165) is 33.9 Å². The van der Waals surface area contributed by atoms with E-state index in [1.165, 1.54) is 0 Å². The second-order valence-electron chi connectivity index (χ2n) is 8.95. The molecule has 176 valence electrons. The Bertz CT molecular complexity index is 1470. The van der Waals surface area contributed by atoms with Gasteiger partial charge in [0.25, 0.3) is 5.91 Å². The van der Waals surface area contributed by atoms with Gasteiger partial charge >= 0.3 is 5.97 Å². The summed E-state index contributed by atoms with van der Waals surface area (Å²) in [7, 11) is 0. The van der Waals surface area contributed by atoms with Crippen LogP contribution >= 0.6 is 0 Å². The van der Waals surface area contributed by atoms with Crippen LogP contribution < -0.4 is 10.2 Å². The number of nitrogens with one attached hydrogen (secondary N) is 1. The lowest BCUT2D eigenvalue weighted by atomic mass is 9.93. The van der Waals surface area contributed by atoms with E-state index in [0.29, 0.717) is 41.2 Å². The fourth-order valence-corrected chi connectivity index (χ4v) is 4.72. The molecule has 0 saturated heterocycles. The molecular formula is C29H26N2O4. The van der Waals surface area contributed by atoms with Crippen LogP contribution in [0.5, 0.6) is 5.75 Å². The number of hydrogen-bond donors (Lipinski definition) is 1. The molecule has 0 bridgehead atoms. The standard InChI is InChI=1S/C29H26N2O4/c1-17-14-18(2)16-21(15-17)34-29(33)27-19(3)26-24(12-7-13-25(26)35-27)30-31-28(32)23-11-6-9-20-8-4-5-10-22(20)23/h4-6,8-11,14-16H,7,12-13H2,1-3H3,(H,31,32)/b30-24+. The van der Waals surface area contributed by atoms with Gasteiger partial charge in [-0.2, -0.15) is 5.10 Å². The number of rotatable bonds is 4. The Kier molecular flexibility index (Phi) is 5.95. The van der Waals surface area contributed by atoms with Crippen molar-refractivity contribution in [3.63, 3.8) is 0 Å². The zero-order valence-corrected chi connectivity index (χ0v) is 20.0. The van der Waals surface area contributed by atoms with Crippen molar-refractivity contribution in [3.8, 4) is 5.75 Å². The van der Waals surface area contributed by atoms with Gasteiger partial charge < -0.3 is 9.15 Å². The third kappa shape index (κ3) is 4.47. The summed E-state index contributed by atoms with van der Waals surface area (Å²) >= 11 is 0. The van der Waals surface area contributed by atoms with Crippen LogP contribution in [0.25, 0.3) is 10.8 Å². The first-order chi connectivity index (χ1) is 16.9. The molecule has 6 nitrogen and oxygen atoms in total. The van der Waals surface area contributed by atoms with E-state index in [1.807, 2.05) is 75.4 Å². The first-order valence-corrected chi connectivity index (χ1v) is 11.7. The normalized spacial score (nSPS) is 14.1. The molecule has 5 rings (SSSR count). The minimum absolute atomic E-state index is 0.170. The van der Waals surface area contributed by atoms with E-state index in [1.54, 1.807) is 6.07 Å². The number of nitrogens with zero attached hydrogens (tertiary/aromatic N) is 1. The highest BCUT2D eigenvalue weighted by atomic mass is 16.5. The molecule has 6 heteroatoms. The van der Waals surface area contributed by atoms with Crippen molar-refractivity contribution >= 4 is 28.4 Å². The second kappa shape index (κ2) is 9.22. The number of carbonyl (C=O) groups is 2. The average Bonchev–Trinajstić information content (AvgIpc) is 3.18. The van der Waals surface area contributed by atoms with E-state index in [-0.39, 0.29) is 11.7 Å². The maximum Gasteiger partial charge on any atom is 0.379 e. The molecule has 1 heterocycles. The molecular weight excluding hydrogens is 440 g/mol. The van der Waals surface area contributed by atoms with Crippen LogP contribution in [0, 0.1) is 20.8 Å². The summed E-state index contributed by atoms with van der Waals surface area (Å²) < 4.78 is 11.6. The van der Waals surface area contributed by atoms with Crippen LogP contribution in [-0.4, -0.2) is 17.6 Å². The number of ether oxygens (including phenoxy) is 1. The van der Waals surface area contributed by atoms with Crippen molar-refractivity contribution in [2.24, 2.45) is 5.10 Å². The molecule has 0 fully saturated rings. The Balaban J connectivity index is 1.41. The number of esters is 1. The van der Waals surface area contributed by atoms with Gasteiger partial charge in [0.1, 0.15) is 11.5 Å². The third-order valence-electron chi connectivity index (χ3n) is 6.24. The highest BCUT2D eigenvalue weighted by molar-refractivity contribution is 6.09. The lowest BCUT2D eigenvalue weighted by Crippen LogP contribution is -2.22. The summed E-state index contributed by atoms with van der Waals surface area (Å²) in [5, 5.41) is 6.31. The molecule has 4 aromatic rings. The van der Waals surface area contributed by atoms with Gasteiger partial charge in [-0.25, -0.2) is 10.2 Å². The highest BCUT2D eigenvalue weighted by Crippen LogP contribution is 2.31. The summed E-state index contributed by atoms with van der Waals surface area (Å²) in [6.07, 6.45) is 2.19. The van der Waals surface area contributed by atoms with Gasteiger partial charge in [0, 0.05) is 23.1 Å². The molecule has 0 atom stereocenters. The molecule has 35 heavy (non-hydrogen) atoms. The number of carbonyl (C=O) groups excluding carboxylic acids is 2. The zero-order valence-electron chi connectivity index (χ0n) is 20.0. The summed E-state index contributed by atoms with van der Waals surface area (Å²) in [5.74, 6) is 0.527. The molecule has 3 aromatic carbocycles. The Hall–Kier alpha value is -4.19. The number of amides is 1. The van der Waals surface area contributed by atoms with Crippen molar-refractivity contribution in [1.82, 2.24) is 5.43 Å². The van der Waals surface area contributed by atoms with E-state index < -0.39 is 5.97 Å². The maximum atomic E-state index is 13.0. The molecule has 1 aliphatic carbocycles. The van der Waals surface area contributed by atoms with E-state index >= 15 is 0 Å². The SMILES string of the molecule is Cc1cc(C)cc(OC(=O)c2oc3c(c2C)/C(=N/NC(=O)c2cccc4ccccc24)CCC3)c1. The van der Waals surface area contributed by atoms with Crippen LogP contribution in [0.2, 0.25) is 0 Å². The van der Waals surface area contributed by atoms with Crippen LogP contribution in [0.3, 0.4) is 0 Å². The van der Waals surface area contributed by atoms with E-state index in [4.69, 9.17) is 9.15 Å². The largest absolute Gasteiger partial charge is 0.453 e. The van der Waals surface area contributed by atoms with Crippen molar-refractivity contribution in [3.05, 3.63) is 100 Å². The van der Waals surface area contributed by atoms with Crippen molar-refractivity contribution in [1.29, 1.82) is 0 Å². The first kappa shape index (κ1) is 22.6. The summed E-state index contributed by atoms with van der Waals surface area (Å²) in [5.41, 5.74) is 7.45. The minimum Gasteiger partial charge on any atom is -0.453 e. The maximum absolute atomic E-state index is 13.0. The molecule has 0 saturated carbocycles. The lowest BCUT2D eigenvalue weighted by Gasteiger charge is -2.13. The quantitative estimate of drug-likeness (QED) is 0.226. The molecule has 1 aromatic heterocycles. The summed E-state index contributed by atoms with van der Waals surface area (Å²) in [6.45, 7) is 5.74. The lowest BCUT2D eigenvalue weighted by molar-refractivity contribution is 0.0698. The highest BCUT2D eigenvalue weighted by Gasteiger charge is 2.29. The molecule has 0 aliphatic heterocycles. The Morgan fingerprint density at radius 2 is 1.69 bits per heavy atom. The smallest absolute Gasteiger partial charge is 0.379 e. The van der Waals surface area contributed by atoms with Gasteiger partial charge in [0.2, 0.25) is 5.76 Å². The fraction of sp³-hybridized carbons (Fsp3) is 0.207. The van der Waals surface area contributed by atoms with E-state index in [2.05, 4.69) is 10.5 Å². The van der Waals surface area contributed by atoms with Gasteiger partial charge in [0.15, 0.2) is 0 Å². The molecule has 0 radical (unpaired) electrons. The predicted octanol–water partition coefficient (Wildman–Crippen LogP) is 6.05. The van der Waals surface area contributed by atoms with Gasteiger partial charge in [-0.3, -0.25) is 4.79 Å². The Labute approximate surface area is 203 Å². The number of benzene rings is 3. The molecule has 0 unspecified atom stereocenters. The van der Waals surface area contributed by atoms with Crippen LogP contribution in [0.4, 0.5) is 0 Å². The van der Waals surface area contributed by atoms with Gasteiger partial charge in [-0.1, -0.05) is 42.5 Å². The monoisotopic (exact) mass is 466 g/mol. The van der Waals surface area contributed by atoms with E-state index in [9.17, 15) is 9.59 Å². The number of hydrazone groups is 1. The third-order valence-corrected chi connectivity index (χ3v) is 6.24. The van der Waals surface area contributed by atoms with Crippen LogP contribution in [0.1, 0.15) is 61.8 Å². The number of furan rings is 1. The fourth-order valence-electron chi connectivity index (χ4n) is 4.72. The predicted molar refractivity (Wildman–Crippen MR) is 135 cm³/mol. The zero-order chi connectivity index (χ0) is 24.5. The van der Waals surface area contributed by atoms with Crippen molar-refractivity contribution < 1.29 is 18.7 Å². The van der Waals surface area contributed by atoms with Crippen molar-refractivity contribution in [2.75, 3.05) is 0 Å². The summed E-state index contributed by atoms with van der Waals surface area (Å²) in [4.78, 5) is 25.9. The number of fused-ring (bicyclic) bond motifs is 2. The molecule has 1 aliphatic rings.